The third-order valence-corrected chi connectivity index (χ3v) is 4.09. The SMILES string of the molecule is CC(C)c1ccc(C(=O)CN2CCn3ccnc3C2)cc1. The van der Waals surface area contributed by atoms with Crippen LogP contribution in [0.15, 0.2) is 36.7 Å². The number of carbonyl (C=O) groups is 1. The Bertz CT molecular complexity index is 628. The van der Waals surface area contributed by atoms with Crippen LogP contribution in [-0.4, -0.2) is 33.3 Å². The third-order valence-electron chi connectivity index (χ3n) is 4.09. The highest BCUT2D eigenvalue weighted by Gasteiger charge is 2.19. The van der Waals surface area contributed by atoms with Gasteiger partial charge in [-0.15, -0.1) is 0 Å². The van der Waals surface area contributed by atoms with Crippen LogP contribution in [0, 0.1) is 0 Å². The van der Waals surface area contributed by atoms with E-state index in [0.717, 1.165) is 31.0 Å². The first kappa shape index (κ1) is 14.0. The summed E-state index contributed by atoms with van der Waals surface area (Å²) in [7, 11) is 0. The zero-order valence-corrected chi connectivity index (χ0v) is 12.6. The Balaban J connectivity index is 1.64. The highest BCUT2D eigenvalue weighted by atomic mass is 16.1. The van der Waals surface area contributed by atoms with Gasteiger partial charge in [0, 0.05) is 31.0 Å². The van der Waals surface area contributed by atoms with E-state index in [0.29, 0.717) is 12.5 Å². The fourth-order valence-corrected chi connectivity index (χ4v) is 2.71. The molecule has 3 rings (SSSR count). The van der Waals surface area contributed by atoms with E-state index in [1.54, 1.807) is 0 Å². The molecular weight excluding hydrogens is 262 g/mol. The lowest BCUT2D eigenvalue weighted by molar-refractivity contribution is 0.0908. The van der Waals surface area contributed by atoms with Crippen molar-refractivity contribution < 1.29 is 4.79 Å². The van der Waals surface area contributed by atoms with Crippen molar-refractivity contribution in [3.63, 3.8) is 0 Å². The standard InChI is InChI=1S/C17H21N3O/c1-13(2)14-3-5-15(6-4-14)16(21)11-19-9-10-20-8-7-18-17(20)12-19/h3-8,13H,9-12H2,1-2H3. The Hall–Kier alpha value is -1.94. The van der Waals surface area contributed by atoms with E-state index in [4.69, 9.17) is 0 Å². The summed E-state index contributed by atoms with van der Waals surface area (Å²) >= 11 is 0. The number of aromatic nitrogens is 2. The van der Waals surface area contributed by atoms with Crippen molar-refractivity contribution in [1.82, 2.24) is 14.5 Å². The maximum atomic E-state index is 12.4. The van der Waals surface area contributed by atoms with Crippen molar-refractivity contribution in [1.29, 1.82) is 0 Å². The van der Waals surface area contributed by atoms with E-state index in [1.807, 2.05) is 24.5 Å². The van der Waals surface area contributed by atoms with Crippen molar-refractivity contribution >= 4 is 5.78 Å². The summed E-state index contributed by atoms with van der Waals surface area (Å²) in [4.78, 5) is 18.9. The molecule has 1 aliphatic heterocycles. The molecule has 0 saturated heterocycles. The minimum absolute atomic E-state index is 0.185. The molecule has 0 amide bonds. The number of Topliss-reactive ketones (excluding diaryl/α,β-unsaturated/α-hetero) is 1. The van der Waals surface area contributed by atoms with Crippen LogP contribution in [-0.2, 0) is 13.1 Å². The Labute approximate surface area is 125 Å². The predicted molar refractivity (Wildman–Crippen MR) is 82.4 cm³/mol. The molecule has 0 unspecified atom stereocenters. The van der Waals surface area contributed by atoms with Crippen molar-refractivity contribution in [2.45, 2.75) is 32.9 Å². The Morgan fingerprint density at radius 2 is 2.00 bits per heavy atom. The highest BCUT2D eigenvalue weighted by molar-refractivity contribution is 5.97. The molecule has 0 aliphatic carbocycles. The molecule has 21 heavy (non-hydrogen) atoms. The van der Waals surface area contributed by atoms with Gasteiger partial charge < -0.3 is 4.57 Å². The fraction of sp³-hybridized carbons (Fsp3) is 0.412. The smallest absolute Gasteiger partial charge is 0.176 e. The second-order valence-electron chi connectivity index (χ2n) is 5.95. The summed E-state index contributed by atoms with van der Waals surface area (Å²) < 4.78 is 2.15. The van der Waals surface area contributed by atoms with Crippen LogP contribution in [0.5, 0.6) is 0 Å². The quantitative estimate of drug-likeness (QED) is 0.810. The molecule has 0 atom stereocenters. The van der Waals surface area contributed by atoms with Gasteiger partial charge in [0.25, 0.3) is 0 Å². The van der Waals surface area contributed by atoms with E-state index in [2.05, 4.69) is 40.4 Å². The zero-order chi connectivity index (χ0) is 14.8. The predicted octanol–water partition coefficient (Wildman–Crippen LogP) is 2.71. The summed E-state index contributed by atoms with van der Waals surface area (Å²) in [5, 5.41) is 0. The summed E-state index contributed by atoms with van der Waals surface area (Å²) in [6.45, 7) is 7.35. The maximum absolute atomic E-state index is 12.4. The van der Waals surface area contributed by atoms with Gasteiger partial charge in [0.05, 0.1) is 13.1 Å². The van der Waals surface area contributed by atoms with Gasteiger partial charge in [-0.25, -0.2) is 4.98 Å². The lowest BCUT2D eigenvalue weighted by Crippen LogP contribution is -2.37. The van der Waals surface area contributed by atoms with Crippen LogP contribution >= 0.6 is 0 Å². The van der Waals surface area contributed by atoms with Crippen molar-refractivity contribution in [3.8, 4) is 0 Å². The Morgan fingerprint density at radius 3 is 2.71 bits per heavy atom. The molecule has 0 saturated carbocycles. The van der Waals surface area contributed by atoms with Crippen LogP contribution in [0.1, 0.15) is 41.5 Å². The monoisotopic (exact) mass is 283 g/mol. The zero-order valence-electron chi connectivity index (χ0n) is 12.6. The van der Waals surface area contributed by atoms with Gasteiger partial charge in [-0.3, -0.25) is 9.69 Å². The summed E-state index contributed by atoms with van der Waals surface area (Å²) in [6, 6.07) is 8.01. The number of benzene rings is 1. The van der Waals surface area contributed by atoms with Crippen LogP contribution in [0.3, 0.4) is 0 Å². The number of carbonyl (C=O) groups excluding carboxylic acids is 1. The van der Waals surface area contributed by atoms with E-state index >= 15 is 0 Å². The third kappa shape index (κ3) is 3.05. The molecule has 4 heteroatoms. The van der Waals surface area contributed by atoms with Gasteiger partial charge in [0.15, 0.2) is 5.78 Å². The number of nitrogens with zero attached hydrogens (tertiary/aromatic N) is 3. The van der Waals surface area contributed by atoms with Gasteiger partial charge in [0.2, 0.25) is 0 Å². The van der Waals surface area contributed by atoms with Gasteiger partial charge in [-0.2, -0.15) is 0 Å². The van der Waals surface area contributed by atoms with Crippen LogP contribution in [0.2, 0.25) is 0 Å². The normalized spacial score (nSPS) is 15.2. The average Bonchev–Trinajstić information content (AvgIpc) is 2.95. The largest absolute Gasteiger partial charge is 0.333 e. The van der Waals surface area contributed by atoms with Crippen molar-refractivity contribution in [2.24, 2.45) is 0 Å². The molecule has 4 nitrogen and oxygen atoms in total. The molecule has 1 aromatic heterocycles. The molecule has 2 aromatic rings. The molecule has 0 radical (unpaired) electrons. The molecule has 110 valence electrons. The van der Waals surface area contributed by atoms with Crippen LogP contribution < -0.4 is 0 Å². The van der Waals surface area contributed by atoms with Crippen LogP contribution in [0.25, 0.3) is 0 Å². The number of hydrogen-bond donors (Lipinski definition) is 0. The number of ketones is 1. The molecule has 1 aliphatic rings. The Kier molecular flexibility index (Phi) is 3.88. The van der Waals surface area contributed by atoms with E-state index in [1.165, 1.54) is 5.56 Å². The number of fused-ring (bicyclic) bond motifs is 1. The minimum Gasteiger partial charge on any atom is -0.333 e. The average molecular weight is 283 g/mol. The van der Waals surface area contributed by atoms with Crippen LogP contribution in [0.4, 0.5) is 0 Å². The lowest BCUT2D eigenvalue weighted by atomic mass is 10.0. The molecule has 0 fully saturated rings. The molecule has 0 bridgehead atoms. The Morgan fingerprint density at radius 1 is 1.24 bits per heavy atom. The highest BCUT2D eigenvalue weighted by Crippen LogP contribution is 2.16. The second kappa shape index (κ2) is 5.82. The molecule has 0 N–H and O–H groups in total. The molecular formula is C17H21N3O. The first-order chi connectivity index (χ1) is 10.1. The number of rotatable bonds is 4. The second-order valence-corrected chi connectivity index (χ2v) is 5.95. The first-order valence-corrected chi connectivity index (χ1v) is 7.49. The van der Waals surface area contributed by atoms with Crippen molar-refractivity contribution in [2.75, 3.05) is 13.1 Å². The van der Waals surface area contributed by atoms with Gasteiger partial charge in [0.1, 0.15) is 5.82 Å². The number of imidazole rings is 1. The topological polar surface area (TPSA) is 38.1 Å². The minimum atomic E-state index is 0.185. The van der Waals surface area contributed by atoms with Gasteiger partial charge in [-0.05, 0) is 11.5 Å². The van der Waals surface area contributed by atoms with E-state index in [-0.39, 0.29) is 5.78 Å². The number of hydrogen-bond acceptors (Lipinski definition) is 3. The summed E-state index contributed by atoms with van der Waals surface area (Å²) in [5.41, 5.74) is 2.07. The summed E-state index contributed by atoms with van der Waals surface area (Å²) in [6.07, 6.45) is 3.82. The van der Waals surface area contributed by atoms with Gasteiger partial charge in [-0.1, -0.05) is 38.1 Å². The van der Waals surface area contributed by atoms with Gasteiger partial charge >= 0.3 is 0 Å². The van der Waals surface area contributed by atoms with E-state index in [9.17, 15) is 4.79 Å². The van der Waals surface area contributed by atoms with Crippen molar-refractivity contribution in [3.05, 3.63) is 53.6 Å². The van der Waals surface area contributed by atoms with E-state index < -0.39 is 0 Å². The molecule has 0 spiro atoms. The maximum Gasteiger partial charge on any atom is 0.176 e. The summed E-state index contributed by atoms with van der Waals surface area (Å²) in [5.74, 6) is 1.73. The lowest BCUT2D eigenvalue weighted by Gasteiger charge is -2.26. The molecule has 1 aromatic carbocycles. The first-order valence-electron chi connectivity index (χ1n) is 7.49. The molecule has 2 heterocycles. The fourth-order valence-electron chi connectivity index (χ4n) is 2.71.